The molecule has 3 aromatic rings. The van der Waals surface area contributed by atoms with E-state index in [1.807, 2.05) is 24.3 Å². The van der Waals surface area contributed by atoms with Gasteiger partial charge in [0.05, 0.1) is 5.57 Å². The van der Waals surface area contributed by atoms with Gasteiger partial charge < -0.3 is 9.73 Å². The first-order valence-electron chi connectivity index (χ1n) is 12.6. The number of allylic oxidation sites excluding steroid dienone is 4. The second kappa shape index (κ2) is 12.5. The smallest absolute Gasteiger partial charge is 0.416 e. The van der Waals surface area contributed by atoms with E-state index in [2.05, 4.69) is 11.9 Å². The number of sulfonamides is 1. The minimum Gasteiger partial charge on any atom is -0.443 e. The zero-order valence-electron chi connectivity index (χ0n) is 21.8. The third-order valence-corrected chi connectivity index (χ3v) is 9.27. The number of fused-ring (bicyclic) bond motifs is 1. The normalized spacial score (nSPS) is 17.1. The van der Waals surface area contributed by atoms with Crippen LogP contribution < -0.4 is 5.32 Å². The highest BCUT2D eigenvalue weighted by molar-refractivity contribution is 7.99. The summed E-state index contributed by atoms with van der Waals surface area (Å²) in [4.78, 5) is 13.9. The summed E-state index contributed by atoms with van der Waals surface area (Å²) >= 11 is 1.41. The Hall–Kier alpha value is -3.28. The van der Waals surface area contributed by atoms with Crippen LogP contribution in [0.15, 0.2) is 105 Å². The summed E-state index contributed by atoms with van der Waals surface area (Å²) < 4.78 is 72.0. The number of carbonyl (C=O) groups is 1. The van der Waals surface area contributed by atoms with Gasteiger partial charge in [0.2, 0.25) is 11.0 Å². The maximum Gasteiger partial charge on any atom is 0.416 e. The molecule has 1 N–H and O–H groups in total. The van der Waals surface area contributed by atoms with Crippen molar-refractivity contribution in [1.82, 2.24) is 9.62 Å². The van der Waals surface area contributed by atoms with E-state index in [-0.39, 0.29) is 18.2 Å². The van der Waals surface area contributed by atoms with Crippen LogP contribution in [-0.2, 0) is 21.4 Å². The molecule has 40 heavy (non-hydrogen) atoms. The first-order valence-corrected chi connectivity index (χ1v) is 15.0. The van der Waals surface area contributed by atoms with Crippen molar-refractivity contribution in [1.29, 1.82) is 0 Å². The molecule has 1 amide bonds. The Labute approximate surface area is 235 Å². The molecule has 0 spiro atoms. The topological polar surface area (TPSA) is 79.6 Å². The van der Waals surface area contributed by atoms with E-state index in [0.29, 0.717) is 35.1 Å². The predicted molar refractivity (Wildman–Crippen MR) is 150 cm³/mol. The van der Waals surface area contributed by atoms with Crippen molar-refractivity contribution >= 4 is 38.7 Å². The minimum absolute atomic E-state index is 0.185. The second-order valence-corrected chi connectivity index (χ2v) is 12.1. The fourth-order valence-corrected chi connectivity index (χ4v) is 6.79. The summed E-state index contributed by atoms with van der Waals surface area (Å²) in [6.45, 7) is 5.57. The second-order valence-electron chi connectivity index (χ2n) is 9.26. The number of nitrogens with zero attached hydrogens (tertiary/aromatic N) is 1. The Morgan fingerprint density at radius 2 is 1.95 bits per heavy atom. The number of furan rings is 1. The fourth-order valence-electron chi connectivity index (χ4n) is 4.33. The quantitative estimate of drug-likeness (QED) is 0.212. The monoisotopic (exact) mass is 590 g/mol. The molecule has 0 bridgehead atoms. The van der Waals surface area contributed by atoms with E-state index in [4.69, 9.17) is 4.42 Å². The average Bonchev–Trinajstić information content (AvgIpc) is 3.59. The van der Waals surface area contributed by atoms with E-state index in [1.54, 1.807) is 24.3 Å². The number of amides is 1. The molecule has 1 aliphatic rings. The first-order chi connectivity index (χ1) is 19.0. The van der Waals surface area contributed by atoms with E-state index < -0.39 is 33.7 Å². The first kappa shape index (κ1) is 29.7. The minimum atomic E-state index is -4.41. The van der Waals surface area contributed by atoms with Crippen molar-refractivity contribution in [2.24, 2.45) is 0 Å². The van der Waals surface area contributed by atoms with Crippen LogP contribution in [0.4, 0.5) is 13.2 Å². The number of halogens is 3. The molecule has 2 heterocycles. The standard InChI is InChI=1S/C29H29F3N2O4S2/c1-3-23(29(30,31)32)14-13-20(2)19-39-24-10-6-8-21(16-24)18-33-28(35)25-11-7-15-34(25)40(36,37)27-17-22-9-4-5-12-26(22)38-27/h3-6,8-10,12-14,16-17,25H,2,7,11,15,18-19H2,1H3,(H,33,35)/b14-13-,23-3+. The highest BCUT2D eigenvalue weighted by Gasteiger charge is 2.41. The highest BCUT2D eigenvalue weighted by atomic mass is 32.2. The molecule has 11 heteroatoms. The molecule has 4 rings (SSSR count). The average molecular weight is 591 g/mol. The summed E-state index contributed by atoms with van der Waals surface area (Å²) in [6, 6.07) is 15.0. The molecule has 212 valence electrons. The van der Waals surface area contributed by atoms with Gasteiger partial charge in [0.25, 0.3) is 10.0 Å². The Kier molecular flexibility index (Phi) is 9.27. The number of carbonyl (C=O) groups excluding carboxylic acids is 1. The number of nitrogens with one attached hydrogen (secondary N) is 1. The molecule has 1 fully saturated rings. The number of alkyl halides is 3. The van der Waals surface area contributed by atoms with E-state index >= 15 is 0 Å². The lowest BCUT2D eigenvalue weighted by Crippen LogP contribution is -2.45. The SMILES string of the molecule is C=C(/C=C\C(=C/C)C(F)(F)F)CSc1cccc(CNC(=O)C2CCCN2S(=O)(=O)c2cc3ccccc3o2)c1. The Morgan fingerprint density at radius 1 is 1.18 bits per heavy atom. The maximum atomic E-state index is 13.3. The number of hydrogen-bond acceptors (Lipinski definition) is 5. The molecule has 1 atom stereocenters. The lowest BCUT2D eigenvalue weighted by atomic mass is 10.2. The van der Waals surface area contributed by atoms with E-state index in [9.17, 15) is 26.4 Å². The largest absolute Gasteiger partial charge is 0.443 e. The van der Waals surface area contributed by atoms with Gasteiger partial charge in [-0.25, -0.2) is 8.42 Å². The molecule has 0 radical (unpaired) electrons. The van der Waals surface area contributed by atoms with Gasteiger partial charge in [0.15, 0.2) is 0 Å². The molecule has 1 aliphatic heterocycles. The third kappa shape index (κ3) is 7.07. The molecule has 1 aromatic heterocycles. The van der Waals surface area contributed by atoms with E-state index in [0.717, 1.165) is 22.6 Å². The number of thioether (sulfide) groups is 1. The van der Waals surface area contributed by atoms with Gasteiger partial charge >= 0.3 is 6.18 Å². The van der Waals surface area contributed by atoms with Gasteiger partial charge in [0, 0.05) is 35.2 Å². The lowest BCUT2D eigenvalue weighted by molar-refractivity contribution is -0.124. The Balaban J connectivity index is 1.34. The van der Waals surface area contributed by atoms with Crippen molar-refractivity contribution < 1.29 is 30.8 Å². The molecule has 2 aromatic carbocycles. The van der Waals surface area contributed by atoms with Crippen LogP contribution in [0.5, 0.6) is 0 Å². The van der Waals surface area contributed by atoms with Gasteiger partial charge in [-0.3, -0.25) is 4.79 Å². The fraction of sp³-hybridized carbons (Fsp3) is 0.276. The zero-order chi connectivity index (χ0) is 28.9. The van der Waals surface area contributed by atoms with Crippen molar-refractivity contribution in [3.8, 4) is 0 Å². The third-order valence-electron chi connectivity index (χ3n) is 6.40. The summed E-state index contributed by atoms with van der Waals surface area (Å²) in [6.07, 6.45) is -0.0822. The molecule has 0 saturated carbocycles. The van der Waals surface area contributed by atoms with Crippen LogP contribution in [-0.4, -0.2) is 43.1 Å². The van der Waals surface area contributed by atoms with Crippen LogP contribution >= 0.6 is 11.8 Å². The molecule has 1 saturated heterocycles. The molecule has 1 unspecified atom stereocenters. The van der Waals surface area contributed by atoms with Crippen molar-refractivity contribution in [2.45, 2.75) is 48.5 Å². The van der Waals surface area contributed by atoms with Crippen LogP contribution in [0.1, 0.15) is 25.3 Å². The van der Waals surface area contributed by atoms with Crippen LogP contribution in [0.2, 0.25) is 0 Å². The number of hydrogen-bond donors (Lipinski definition) is 1. The maximum absolute atomic E-state index is 13.3. The van der Waals surface area contributed by atoms with Crippen LogP contribution in [0, 0.1) is 0 Å². The number of para-hydroxylation sites is 1. The van der Waals surface area contributed by atoms with E-state index in [1.165, 1.54) is 35.1 Å². The summed E-state index contributed by atoms with van der Waals surface area (Å²) in [5.41, 5.74) is 1.06. The van der Waals surface area contributed by atoms with Crippen molar-refractivity contribution in [3.05, 3.63) is 96.1 Å². The van der Waals surface area contributed by atoms with Crippen molar-refractivity contribution in [3.63, 3.8) is 0 Å². The molecular formula is C29H29F3N2O4S2. The van der Waals surface area contributed by atoms with Gasteiger partial charge in [-0.15, -0.1) is 11.8 Å². The zero-order valence-corrected chi connectivity index (χ0v) is 23.4. The van der Waals surface area contributed by atoms with Crippen LogP contribution in [0.25, 0.3) is 11.0 Å². The summed E-state index contributed by atoms with van der Waals surface area (Å²) in [5.74, 6) is -0.00380. The van der Waals surface area contributed by atoms with Crippen LogP contribution in [0.3, 0.4) is 0 Å². The number of benzene rings is 2. The Bertz CT molecular complexity index is 1530. The van der Waals surface area contributed by atoms with Gasteiger partial charge in [-0.05, 0) is 49.1 Å². The summed E-state index contributed by atoms with van der Waals surface area (Å²) in [5, 5.41) is 3.32. The van der Waals surface area contributed by atoms with Gasteiger partial charge in [-0.1, -0.05) is 55.1 Å². The summed E-state index contributed by atoms with van der Waals surface area (Å²) in [7, 11) is -4.00. The molecular weight excluding hydrogens is 561 g/mol. The van der Waals surface area contributed by atoms with Crippen molar-refractivity contribution in [2.75, 3.05) is 12.3 Å². The molecule has 6 nitrogen and oxygen atoms in total. The number of rotatable bonds is 10. The highest BCUT2D eigenvalue weighted by Crippen LogP contribution is 2.31. The van der Waals surface area contributed by atoms with Gasteiger partial charge in [-0.2, -0.15) is 17.5 Å². The predicted octanol–water partition coefficient (Wildman–Crippen LogP) is 6.62. The Morgan fingerprint density at radius 3 is 2.67 bits per heavy atom. The lowest BCUT2D eigenvalue weighted by Gasteiger charge is -2.22. The van der Waals surface area contributed by atoms with Gasteiger partial charge in [0.1, 0.15) is 11.6 Å². The molecule has 0 aliphatic carbocycles.